The van der Waals surface area contributed by atoms with Gasteiger partial charge in [-0.3, -0.25) is 0 Å². The fourth-order valence-corrected chi connectivity index (χ4v) is 3.29. The van der Waals surface area contributed by atoms with Crippen molar-refractivity contribution in [2.75, 3.05) is 5.32 Å². The minimum absolute atomic E-state index is 0.464. The van der Waals surface area contributed by atoms with Crippen LogP contribution in [0.1, 0.15) is 22.5 Å². The van der Waals surface area contributed by atoms with Crippen molar-refractivity contribution in [1.29, 1.82) is 0 Å². The zero-order chi connectivity index (χ0) is 14.4. The van der Waals surface area contributed by atoms with E-state index in [0.29, 0.717) is 6.04 Å². The van der Waals surface area contributed by atoms with Crippen molar-refractivity contribution >= 4 is 11.3 Å². The molecule has 0 unspecified atom stereocenters. The Morgan fingerprint density at radius 3 is 2.48 bits per heavy atom. The maximum atomic E-state index is 4.70. The number of nitrogens with one attached hydrogen (secondary N) is 1. The second-order valence-corrected chi connectivity index (χ2v) is 5.92. The summed E-state index contributed by atoms with van der Waals surface area (Å²) in [5.74, 6) is 0. The first-order valence-corrected chi connectivity index (χ1v) is 7.50. The summed E-state index contributed by atoms with van der Waals surface area (Å²) in [6, 6.07) is 13.4. The van der Waals surface area contributed by atoms with Crippen molar-refractivity contribution in [3.05, 3.63) is 65.1 Å². The molecule has 0 radical (unpaired) electrons. The first-order chi connectivity index (χ1) is 10.2. The number of hydrogen-bond donors (Lipinski definition) is 1. The molecule has 3 heteroatoms. The van der Waals surface area contributed by atoms with E-state index in [1.54, 1.807) is 0 Å². The molecule has 21 heavy (non-hydrogen) atoms. The number of fused-ring (bicyclic) bond motifs is 2. The Labute approximate surface area is 124 Å². The van der Waals surface area contributed by atoms with E-state index in [0.717, 1.165) is 29.9 Å². The van der Waals surface area contributed by atoms with Gasteiger partial charge in [-0.1, -0.05) is 24.3 Å². The molecule has 1 aliphatic carbocycles. The standard InChI is InChI=1S/C18H19N3/c1-12-13(2)21-9-5-8-17(18(21)19-12)20-16-10-14-6-3-4-7-15(14)11-16/h3-9,16,20H,10-11H2,1-2H3. The Bertz CT molecular complexity index is 791. The monoisotopic (exact) mass is 277 g/mol. The molecule has 0 spiro atoms. The highest BCUT2D eigenvalue weighted by Crippen LogP contribution is 2.26. The number of nitrogens with zero attached hydrogens (tertiary/aromatic N) is 2. The predicted octanol–water partition coefficient (Wildman–Crippen LogP) is 3.53. The third-order valence-corrected chi connectivity index (χ3v) is 4.54. The highest BCUT2D eigenvalue weighted by molar-refractivity contribution is 5.69. The van der Waals surface area contributed by atoms with E-state index in [9.17, 15) is 0 Å². The van der Waals surface area contributed by atoms with Crippen molar-refractivity contribution in [2.45, 2.75) is 32.7 Å². The molecule has 1 N–H and O–H groups in total. The minimum atomic E-state index is 0.464. The third kappa shape index (κ3) is 2.00. The van der Waals surface area contributed by atoms with Gasteiger partial charge in [-0.15, -0.1) is 0 Å². The summed E-state index contributed by atoms with van der Waals surface area (Å²) in [7, 11) is 0. The van der Waals surface area contributed by atoms with Crippen LogP contribution in [0.5, 0.6) is 0 Å². The second kappa shape index (κ2) is 4.62. The minimum Gasteiger partial charge on any atom is -0.379 e. The van der Waals surface area contributed by atoms with E-state index >= 15 is 0 Å². The van der Waals surface area contributed by atoms with Crippen LogP contribution in [0.3, 0.4) is 0 Å². The molecule has 1 aromatic carbocycles. The highest BCUT2D eigenvalue weighted by Gasteiger charge is 2.21. The first kappa shape index (κ1) is 12.5. The number of imidazole rings is 1. The Balaban J connectivity index is 1.66. The largest absolute Gasteiger partial charge is 0.379 e. The molecular weight excluding hydrogens is 258 g/mol. The normalized spacial score (nSPS) is 14.6. The van der Waals surface area contributed by atoms with E-state index in [1.165, 1.54) is 16.8 Å². The second-order valence-electron chi connectivity index (χ2n) is 5.92. The summed E-state index contributed by atoms with van der Waals surface area (Å²) in [5.41, 5.74) is 7.41. The number of benzene rings is 1. The number of anilines is 1. The van der Waals surface area contributed by atoms with E-state index in [-0.39, 0.29) is 0 Å². The lowest BCUT2D eigenvalue weighted by Gasteiger charge is -2.14. The van der Waals surface area contributed by atoms with E-state index in [4.69, 9.17) is 4.98 Å². The quantitative estimate of drug-likeness (QED) is 0.776. The van der Waals surface area contributed by atoms with Crippen LogP contribution in [-0.2, 0) is 12.8 Å². The lowest BCUT2D eigenvalue weighted by atomic mass is 10.1. The molecule has 0 bridgehead atoms. The van der Waals surface area contributed by atoms with E-state index in [2.05, 4.69) is 66.2 Å². The lowest BCUT2D eigenvalue weighted by molar-refractivity contribution is 0.774. The van der Waals surface area contributed by atoms with Gasteiger partial charge in [-0.2, -0.15) is 0 Å². The van der Waals surface area contributed by atoms with Crippen LogP contribution in [0.15, 0.2) is 42.6 Å². The van der Waals surface area contributed by atoms with Crippen LogP contribution in [0.4, 0.5) is 5.69 Å². The maximum absolute atomic E-state index is 4.70. The Hall–Kier alpha value is -2.29. The highest BCUT2D eigenvalue weighted by atomic mass is 15.1. The van der Waals surface area contributed by atoms with Crippen LogP contribution in [-0.4, -0.2) is 15.4 Å². The SMILES string of the molecule is Cc1nc2c(NC3Cc4ccccc4C3)cccn2c1C. The van der Waals surface area contributed by atoms with Crippen LogP contribution in [0, 0.1) is 13.8 Å². The summed E-state index contributed by atoms with van der Waals surface area (Å²) >= 11 is 0. The average Bonchev–Trinajstić information content (AvgIpc) is 3.02. The molecule has 3 nitrogen and oxygen atoms in total. The molecule has 0 aliphatic heterocycles. The van der Waals surface area contributed by atoms with Crippen LogP contribution in [0.25, 0.3) is 5.65 Å². The fourth-order valence-electron chi connectivity index (χ4n) is 3.29. The van der Waals surface area contributed by atoms with E-state index in [1.807, 2.05) is 0 Å². The van der Waals surface area contributed by atoms with Gasteiger partial charge in [0.1, 0.15) is 0 Å². The zero-order valence-corrected chi connectivity index (χ0v) is 12.4. The van der Waals surface area contributed by atoms with Gasteiger partial charge >= 0.3 is 0 Å². The third-order valence-electron chi connectivity index (χ3n) is 4.54. The van der Waals surface area contributed by atoms with Crippen molar-refractivity contribution in [3.8, 4) is 0 Å². The smallest absolute Gasteiger partial charge is 0.160 e. The molecule has 106 valence electrons. The predicted molar refractivity (Wildman–Crippen MR) is 85.9 cm³/mol. The Morgan fingerprint density at radius 1 is 1.05 bits per heavy atom. The molecule has 0 atom stereocenters. The lowest BCUT2D eigenvalue weighted by Crippen LogP contribution is -2.20. The van der Waals surface area contributed by atoms with Gasteiger partial charge in [0.2, 0.25) is 0 Å². The van der Waals surface area contributed by atoms with Crippen LogP contribution >= 0.6 is 0 Å². The van der Waals surface area contributed by atoms with Gasteiger partial charge in [0, 0.05) is 17.9 Å². The molecule has 4 rings (SSSR count). The summed E-state index contributed by atoms with van der Waals surface area (Å²) in [4.78, 5) is 4.70. The van der Waals surface area contributed by atoms with Gasteiger partial charge in [0.15, 0.2) is 5.65 Å². The Kier molecular flexibility index (Phi) is 2.74. The molecule has 2 aromatic heterocycles. The van der Waals surface area contributed by atoms with Crippen molar-refractivity contribution < 1.29 is 0 Å². The van der Waals surface area contributed by atoms with Crippen molar-refractivity contribution in [3.63, 3.8) is 0 Å². The molecule has 2 heterocycles. The van der Waals surface area contributed by atoms with Crippen LogP contribution < -0.4 is 5.32 Å². The summed E-state index contributed by atoms with van der Waals surface area (Å²) < 4.78 is 2.17. The number of aryl methyl sites for hydroxylation is 2. The topological polar surface area (TPSA) is 29.3 Å². The van der Waals surface area contributed by atoms with Crippen molar-refractivity contribution in [1.82, 2.24) is 9.38 Å². The summed E-state index contributed by atoms with van der Waals surface area (Å²) in [6.45, 7) is 4.18. The first-order valence-electron chi connectivity index (χ1n) is 7.50. The molecule has 0 amide bonds. The van der Waals surface area contributed by atoms with Gasteiger partial charge in [-0.25, -0.2) is 4.98 Å². The number of aromatic nitrogens is 2. The summed E-state index contributed by atoms with van der Waals surface area (Å²) in [6.07, 6.45) is 4.27. The molecular formula is C18H19N3. The number of rotatable bonds is 2. The Morgan fingerprint density at radius 2 is 1.76 bits per heavy atom. The molecule has 0 fully saturated rings. The molecule has 3 aromatic rings. The zero-order valence-electron chi connectivity index (χ0n) is 12.4. The average molecular weight is 277 g/mol. The summed E-state index contributed by atoms with van der Waals surface area (Å²) in [5, 5.41) is 3.69. The molecule has 1 aliphatic rings. The number of hydrogen-bond acceptors (Lipinski definition) is 2. The van der Waals surface area contributed by atoms with Gasteiger partial charge < -0.3 is 9.72 Å². The van der Waals surface area contributed by atoms with E-state index < -0.39 is 0 Å². The van der Waals surface area contributed by atoms with Gasteiger partial charge in [0.25, 0.3) is 0 Å². The molecule has 0 saturated carbocycles. The fraction of sp³-hybridized carbons (Fsp3) is 0.278. The number of pyridine rings is 1. The van der Waals surface area contributed by atoms with Crippen molar-refractivity contribution in [2.24, 2.45) is 0 Å². The van der Waals surface area contributed by atoms with Crippen LogP contribution in [0.2, 0.25) is 0 Å². The van der Waals surface area contributed by atoms with Gasteiger partial charge in [-0.05, 0) is 49.9 Å². The maximum Gasteiger partial charge on any atom is 0.160 e. The van der Waals surface area contributed by atoms with Gasteiger partial charge in [0.05, 0.1) is 11.4 Å². The molecule has 0 saturated heterocycles.